The molecule has 0 unspecified atom stereocenters. The second-order valence-electron chi connectivity index (χ2n) is 7.96. The predicted molar refractivity (Wildman–Crippen MR) is 103 cm³/mol. The van der Waals surface area contributed by atoms with E-state index >= 15 is 0 Å². The Morgan fingerprint density at radius 1 is 1.28 bits per heavy atom. The maximum atomic E-state index is 12.6. The highest BCUT2D eigenvalue weighted by molar-refractivity contribution is 5.74. The summed E-state index contributed by atoms with van der Waals surface area (Å²) in [6.45, 7) is 9.91. The molecule has 1 saturated carbocycles. The van der Waals surface area contributed by atoms with Gasteiger partial charge < -0.3 is 10.2 Å². The van der Waals surface area contributed by atoms with E-state index < -0.39 is 0 Å². The number of hydrogen-bond donors (Lipinski definition) is 1. The summed E-state index contributed by atoms with van der Waals surface area (Å²) in [4.78, 5) is 16.9. The number of benzene rings is 1. The minimum atomic E-state index is 0.0700. The number of likely N-dealkylation sites (N-methyl/N-ethyl adjacent to an activating group) is 1. The van der Waals surface area contributed by atoms with E-state index in [2.05, 4.69) is 54.1 Å². The second-order valence-corrected chi connectivity index (χ2v) is 7.96. The quantitative estimate of drug-likeness (QED) is 0.805. The lowest BCUT2D eigenvalue weighted by molar-refractivity contribution is 0.180. The van der Waals surface area contributed by atoms with Crippen LogP contribution in [0.4, 0.5) is 4.79 Å². The van der Waals surface area contributed by atoms with Crippen LogP contribution < -0.4 is 5.32 Å². The van der Waals surface area contributed by atoms with E-state index in [0.29, 0.717) is 6.04 Å². The minimum Gasteiger partial charge on any atom is -0.335 e. The molecule has 2 amide bonds. The van der Waals surface area contributed by atoms with Gasteiger partial charge in [0.05, 0.1) is 0 Å². The van der Waals surface area contributed by atoms with Gasteiger partial charge in [0.1, 0.15) is 0 Å². The second kappa shape index (κ2) is 7.61. The van der Waals surface area contributed by atoms with Crippen LogP contribution in [0.15, 0.2) is 42.5 Å². The molecule has 1 aromatic rings. The van der Waals surface area contributed by atoms with E-state index in [1.807, 2.05) is 11.9 Å². The SMILES string of the molecule is C=C(C)CN1CCC(NC(=O)N(C)CC2(c3ccccc3)CC2)CC1. The lowest BCUT2D eigenvalue weighted by atomic mass is 9.95. The molecule has 136 valence electrons. The van der Waals surface area contributed by atoms with E-state index in [1.165, 1.54) is 24.0 Å². The van der Waals surface area contributed by atoms with Gasteiger partial charge in [-0.1, -0.05) is 42.5 Å². The van der Waals surface area contributed by atoms with Crippen molar-refractivity contribution in [3.05, 3.63) is 48.0 Å². The summed E-state index contributed by atoms with van der Waals surface area (Å²) >= 11 is 0. The fraction of sp³-hybridized carbons (Fsp3) is 0.571. The first kappa shape index (κ1) is 18.0. The number of nitrogens with one attached hydrogen (secondary N) is 1. The molecule has 4 heteroatoms. The fourth-order valence-electron chi connectivity index (χ4n) is 3.91. The Bertz CT molecular complexity index is 601. The number of amides is 2. The number of urea groups is 1. The van der Waals surface area contributed by atoms with Crippen LogP contribution in [0.3, 0.4) is 0 Å². The molecule has 0 atom stereocenters. The molecule has 4 nitrogen and oxygen atoms in total. The van der Waals surface area contributed by atoms with E-state index in [4.69, 9.17) is 0 Å². The number of rotatable bonds is 6. The van der Waals surface area contributed by atoms with Crippen LogP contribution in [0.1, 0.15) is 38.2 Å². The van der Waals surface area contributed by atoms with Gasteiger partial charge in [0.25, 0.3) is 0 Å². The van der Waals surface area contributed by atoms with Gasteiger partial charge >= 0.3 is 6.03 Å². The van der Waals surface area contributed by atoms with Gasteiger partial charge in [0.2, 0.25) is 0 Å². The summed E-state index contributed by atoms with van der Waals surface area (Å²) in [5, 5.41) is 3.23. The number of likely N-dealkylation sites (tertiary alicyclic amines) is 1. The molecule has 25 heavy (non-hydrogen) atoms. The van der Waals surface area contributed by atoms with Crippen LogP contribution in [-0.2, 0) is 5.41 Å². The van der Waals surface area contributed by atoms with Crippen molar-refractivity contribution in [3.8, 4) is 0 Å². The Kier molecular flexibility index (Phi) is 5.48. The van der Waals surface area contributed by atoms with Crippen LogP contribution in [0.2, 0.25) is 0 Å². The lowest BCUT2D eigenvalue weighted by Crippen LogP contribution is -2.49. The largest absolute Gasteiger partial charge is 0.335 e. The number of hydrogen-bond acceptors (Lipinski definition) is 2. The number of carbonyl (C=O) groups excluding carboxylic acids is 1. The van der Waals surface area contributed by atoms with Crippen LogP contribution in [0.5, 0.6) is 0 Å². The number of piperidine rings is 1. The van der Waals surface area contributed by atoms with Crippen molar-refractivity contribution in [2.24, 2.45) is 0 Å². The highest BCUT2D eigenvalue weighted by Gasteiger charge is 2.45. The molecule has 3 rings (SSSR count). The smallest absolute Gasteiger partial charge is 0.317 e. The zero-order valence-corrected chi connectivity index (χ0v) is 15.6. The topological polar surface area (TPSA) is 35.6 Å². The average Bonchev–Trinajstić information content (AvgIpc) is 3.37. The standard InChI is InChI=1S/C21H31N3O/c1-17(2)15-24-13-9-19(10-14-24)22-20(25)23(3)16-21(11-12-21)18-7-5-4-6-8-18/h4-8,19H,1,9-16H2,2-3H3,(H,22,25). The third-order valence-corrected chi connectivity index (χ3v) is 5.53. The Hall–Kier alpha value is -1.81. The van der Waals surface area contributed by atoms with Crippen LogP contribution >= 0.6 is 0 Å². The monoisotopic (exact) mass is 341 g/mol. The third-order valence-electron chi connectivity index (χ3n) is 5.53. The minimum absolute atomic E-state index is 0.0700. The zero-order chi connectivity index (χ0) is 17.9. The molecule has 1 saturated heterocycles. The molecule has 2 aliphatic rings. The van der Waals surface area contributed by atoms with E-state index in [9.17, 15) is 4.79 Å². The highest BCUT2D eigenvalue weighted by Crippen LogP contribution is 2.48. The van der Waals surface area contributed by atoms with Gasteiger partial charge in [-0.15, -0.1) is 0 Å². The molecule has 0 spiro atoms. The lowest BCUT2D eigenvalue weighted by Gasteiger charge is -2.33. The maximum absolute atomic E-state index is 12.6. The first-order chi connectivity index (χ1) is 12.0. The summed E-state index contributed by atoms with van der Waals surface area (Å²) in [5.41, 5.74) is 2.75. The molecule has 2 fully saturated rings. The molecule has 1 aliphatic carbocycles. The van der Waals surface area contributed by atoms with Crippen molar-refractivity contribution >= 4 is 6.03 Å². The van der Waals surface area contributed by atoms with Gasteiger partial charge in [-0.25, -0.2) is 4.79 Å². The van der Waals surface area contributed by atoms with Crippen LogP contribution in [0, 0.1) is 0 Å². The Morgan fingerprint density at radius 3 is 2.48 bits per heavy atom. The Morgan fingerprint density at radius 2 is 1.92 bits per heavy atom. The number of nitrogens with zero attached hydrogens (tertiary/aromatic N) is 2. The molecular weight excluding hydrogens is 310 g/mol. The van der Waals surface area contributed by atoms with Gasteiger partial charge in [-0.05, 0) is 38.2 Å². The summed E-state index contributed by atoms with van der Waals surface area (Å²) in [6, 6.07) is 11.0. The van der Waals surface area contributed by atoms with Crippen molar-refractivity contribution in [3.63, 3.8) is 0 Å². The van der Waals surface area contributed by atoms with E-state index in [0.717, 1.165) is 39.0 Å². The summed E-state index contributed by atoms with van der Waals surface area (Å²) in [5.74, 6) is 0. The Balaban J connectivity index is 1.47. The normalized spacial score (nSPS) is 20.1. The first-order valence-corrected chi connectivity index (χ1v) is 9.42. The molecule has 1 aliphatic heterocycles. The molecule has 0 bridgehead atoms. The summed E-state index contributed by atoms with van der Waals surface area (Å²) in [6.07, 6.45) is 4.40. The molecule has 0 radical (unpaired) electrons. The van der Waals surface area contributed by atoms with Crippen molar-refractivity contribution < 1.29 is 4.79 Å². The van der Waals surface area contributed by atoms with Crippen LogP contribution in [0.25, 0.3) is 0 Å². The fourth-order valence-corrected chi connectivity index (χ4v) is 3.91. The van der Waals surface area contributed by atoms with Gasteiger partial charge in [-0.3, -0.25) is 4.90 Å². The summed E-state index contributed by atoms with van der Waals surface area (Å²) < 4.78 is 0. The van der Waals surface area contributed by atoms with Crippen LogP contribution in [-0.4, -0.2) is 55.1 Å². The summed E-state index contributed by atoms with van der Waals surface area (Å²) in [7, 11) is 1.93. The maximum Gasteiger partial charge on any atom is 0.317 e. The van der Waals surface area contributed by atoms with Gasteiger partial charge in [0, 0.05) is 44.7 Å². The van der Waals surface area contributed by atoms with Crippen molar-refractivity contribution in [1.82, 2.24) is 15.1 Å². The third kappa shape index (κ3) is 4.63. The first-order valence-electron chi connectivity index (χ1n) is 9.42. The molecule has 1 heterocycles. The average molecular weight is 341 g/mol. The van der Waals surface area contributed by atoms with Gasteiger partial charge in [-0.2, -0.15) is 0 Å². The predicted octanol–water partition coefficient (Wildman–Crippen LogP) is 3.40. The van der Waals surface area contributed by atoms with Crippen molar-refractivity contribution in [2.45, 2.75) is 44.1 Å². The van der Waals surface area contributed by atoms with Crippen molar-refractivity contribution in [2.75, 3.05) is 33.2 Å². The molecule has 0 aromatic heterocycles. The highest BCUT2D eigenvalue weighted by atomic mass is 16.2. The Labute approximate surface area is 151 Å². The van der Waals surface area contributed by atoms with Gasteiger partial charge in [0.15, 0.2) is 0 Å². The zero-order valence-electron chi connectivity index (χ0n) is 15.6. The molecule has 1 N–H and O–H groups in total. The molecular formula is C21H31N3O. The number of carbonyl (C=O) groups is 1. The van der Waals surface area contributed by atoms with Crippen molar-refractivity contribution in [1.29, 1.82) is 0 Å². The molecule has 1 aromatic carbocycles. The van der Waals surface area contributed by atoms with E-state index in [1.54, 1.807) is 0 Å². The van der Waals surface area contributed by atoms with E-state index in [-0.39, 0.29) is 11.4 Å².